The SMILES string of the molecule is NNC(=O)CCCCCOCCCC(F)(F)F. The Morgan fingerprint density at radius 2 is 1.76 bits per heavy atom. The first-order chi connectivity index (χ1) is 7.95. The number of ether oxygens (including phenoxy) is 1. The molecule has 0 aromatic carbocycles. The van der Waals surface area contributed by atoms with Gasteiger partial charge in [0.2, 0.25) is 5.91 Å². The number of unbranched alkanes of at least 4 members (excludes halogenated alkanes) is 2. The molecule has 0 radical (unpaired) electrons. The molecule has 0 fully saturated rings. The Morgan fingerprint density at radius 1 is 1.12 bits per heavy atom. The Morgan fingerprint density at radius 3 is 2.35 bits per heavy atom. The summed E-state index contributed by atoms with van der Waals surface area (Å²) in [6, 6.07) is 0. The third kappa shape index (κ3) is 13.1. The first kappa shape index (κ1) is 16.2. The van der Waals surface area contributed by atoms with Gasteiger partial charge in [0, 0.05) is 26.1 Å². The molecule has 102 valence electrons. The summed E-state index contributed by atoms with van der Waals surface area (Å²) >= 11 is 0. The van der Waals surface area contributed by atoms with Gasteiger partial charge in [-0.25, -0.2) is 5.84 Å². The van der Waals surface area contributed by atoms with Crippen molar-refractivity contribution in [2.75, 3.05) is 13.2 Å². The van der Waals surface area contributed by atoms with Gasteiger partial charge in [0.05, 0.1) is 0 Å². The quantitative estimate of drug-likeness (QED) is 0.286. The highest BCUT2D eigenvalue weighted by Gasteiger charge is 2.25. The van der Waals surface area contributed by atoms with Crippen LogP contribution in [0, 0.1) is 0 Å². The fraction of sp³-hybridized carbons (Fsp3) is 0.900. The average molecular weight is 256 g/mol. The van der Waals surface area contributed by atoms with Crippen molar-refractivity contribution in [1.29, 1.82) is 0 Å². The van der Waals surface area contributed by atoms with Crippen LogP contribution in [0.2, 0.25) is 0 Å². The van der Waals surface area contributed by atoms with Gasteiger partial charge in [0.1, 0.15) is 0 Å². The van der Waals surface area contributed by atoms with Crippen LogP contribution in [0.15, 0.2) is 0 Å². The molecule has 0 aliphatic carbocycles. The fourth-order valence-corrected chi connectivity index (χ4v) is 1.22. The maximum atomic E-state index is 11.7. The molecule has 7 heteroatoms. The second-order valence-electron chi connectivity index (χ2n) is 3.71. The largest absolute Gasteiger partial charge is 0.389 e. The molecule has 0 spiro atoms. The Balaban J connectivity index is 3.12. The molecule has 0 bridgehead atoms. The van der Waals surface area contributed by atoms with Gasteiger partial charge in [-0.05, 0) is 19.3 Å². The lowest BCUT2D eigenvalue weighted by atomic mass is 10.2. The van der Waals surface area contributed by atoms with E-state index in [4.69, 9.17) is 10.6 Å². The van der Waals surface area contributed by atoms with Crippen molar-refractivity contribution in [1.82, 2.24) is 5.43 Å². The lowest BCUT2D eigenvalue weighted by molar-refractivity contribution is -0.137. The number of nitrogens with one attached hydrogen (secondary N) is 1. The van der Waals surface area contributed by atoms with E-state index in [9.17, 15) is 18.0 Å². The van der Waals surface area contributed by atoms with Crippen molar-refractivity contribution < 1.29 is 22.7 Å². The van der Waals surface area contributed by atoms with Crippen LogP contribution in [0.25, 0.3) is 0 Å². The van der Waals surface area contributed by atoms with Gasteiger partial charge in [-0.15, -0.1) is 0 Å². The van der Waals surface area contributed by atoms with Crippen molar-refractivity contribution in [3.8, 4) is 0 Å². The summed E-state index contributed by atoms with van der Waals surface area (Å²) in [5, 5.41) is 0. The summed E-state index contributed by atoms with van der Waals surface area (Å²) in [5.41, 5.74) is 2.02. The minimum Gasteiger partial charge on any atom is -0.381 e. The molecule has 0 atom stereocenters. The fourth-order valence-electron chi connectivity index (χ4n) is 1.22. The van der Waals surface area contributed by atoms with E-state index >= 15 is 0 Å². The van der Waals surface area contributed by atoms with E-state index < -0.39 is 12.6 Å². The molecular formula is C10H19F3N2O2. The number of hydrazine groups is 1. The zero-order valence-corrected chi connectivity index (χ0v) is 9.68. The maximum absolute atomic E-state index is 11.7. The molecule has 0 saturated carbocycles. The zero-order chi connectivity index (χ0) is 13.1. The van der Waals surface area contributed by atoms with E-state index in [0.29, 0.717) is 19.4 Å². The van der Waals surface area contributed by atoms with E-state index in [-0.39, 0.29) is 18.9 Å². The summed E-state index contributed by atoms with van der Waals surface area (Å²) in [6.45, 7) is 0.560. The molecule has 0 rings (SSSR count). The molecule has 1 amide bonds. The Hall–Kier alpha value is -0.820. The number of halogens is 3. The Labute approximate surface area is 98.7 Å². The lowest BCUT2D eigenvalue weighted by Gasteiger charge is -2.06. The van der Waals surface area contributed by atoms with Crippen LogP contribution >= 0.6 is 0 Å². The van der Waals surface area contributed by atoms with Crippen molar-refractivity contribution in [2.24, 2.45) is 5.84 Å². The van der Waals surface area contributed by atoms with Crippen LogP contribution in [-0.4, -0.2) is 25.3 Å². The Bertz CT molecular complexity index is 210. The molecule has 0 aromatic heterocycles. The summed E-state index contributed by atoms with van der Waals surface area (Å²) in [7, 11) is 0. The predicted octanol–water partition coefficient (Wildman–Crippen LogP) is 1.90. The summed E-state index contributed by atoms with van der Waals surface area (Å²) < 4.78 is 40.2. The lowest BCUT2D eigenvalue weighted by Crippen LogP contribution is -2.29. The van der Waals surface area contributed by atoms with Gasteiger partial charge in [-0.1, -0.05) is 6.42 Å². The third-order valence-electron chi connectivity index (χ3n) is 2.10. The number of amides is 1. The molecule has 0 aliphatic rings. The number of carbonyl (C=O) groups excluding carboxylic acids is 1. The highest BCUT2D eigenvalue weighted by Crippen LogP contribution is 2.20. The zero-order valence-electron chi connectivity index (χ0n) is 9.68. The van der Waals surface area contributed by atoms with Gasteiger partial charge in [0.25, 0.3) is 0 Å². The molecular weight excluding hydrogens is 237 g/mol. The van der Waals surface area contributed by atoms with Crippen molar-refractivity contribution in [3.05, 3.63) is 0 Å². The van der Waals surface area contributed by atoms with Crippen molar-refractivity contribution >= 4 is 5.91 Å². The van der Waals surface area contributed by atoms with Gasteiger partial charge in [0.15, 0.2) is 0 Å². The van der Waals surface area contributed by atoms with E-state index in [1.165, 1.54) is 0 Å². The number of rotatable bonds is 9. The van der Waals surface area contributed by atoms with Crippen LogP contribution in [0.4, 0.5) is 13.2 Å². The average Bonchev–Trinajstić information content (AvgIpc) is 2.25. The van der Waals surface area contributed by atoms with Gasteiger partial charge >= 0.3 is 6.18 Å². The molecule has 0 aliphatic heterocycles. The van der Waals surface area contributed by atoms with Crippen LogP contribution in [0.3, 0.4) is 0 Å². The number of hydrogen-bond donors (Lipinski definition) is 2. The molecule has 17 heavy (non-hydrogen) atoms. The number of hydrogen-bond acceptors (Lipinski definition) is 3. The highest BCUT2D eigenvalue weighted by molar-refractivity contribution is 5.74. The number of alkyl halides is 3. The van der Waals surface area contributed by atoms with E-state index in [2.05, 4.69) is 0 Å². The standard InChI is InChI=1S/C10H19F3N2O2/c11-10(12,13)6-4-8-17-7-3-1-2-5-9(16)15-14/h1-8,14H2,(H,15,16). The Kier molecular flexibility index (Phi) is 8.79. The topological polar surface area (TPSA) is 64.3 Å². The monoisotopic (exact) mass is 256 g/mol. The molecule has 0 saturated heterocycles. The van der Waals surface area contributed by atoms with Crippen LogP contribution in [0.1, 0.15) is 38.5 Å². The number of nitrogens with two attached hydrogens (primary N) is 1. The van der Waals surface area contributed by atoms with Crippen molar-refractivity contribution in [2.45, 2.75) is 44.7 Å². The third-order valence-corrected chi connectivity index (χ3v) is 2.10. The van der Waals surface area contributed by atoms with E-state index in [1.54, 1.807) is 0 Å². The first-order valence-electron chi connectivity index (χ1n) is 5.59. The molecule has 0 heterocycles. The second-order valence-corrected chi connectivity index (χ2v) is 3.71. The minimum absolute atomic E-state index is 0.000913. The minimum atomic E-state index is -4.10. The predicted molar refractivity (Wildman–Crippen MR) is 56.9 cm³/mol. The molecule has 0 unspecified atom stereocenters. The van der Waals surface area contributed by atoms with Crippen molar-refractivity contribution in [3.63, 3.8) is 0 Å². The number of carbonyl (C=O) groups is 1. The van der Waals surface area contributed by atoms with Gasteiger partial charge in [-0.3, -0.25) is 10.2 Å². The van der Waals surface area contributed by atoms with Gasteiger partial charge in [-0.2, -0.15) is 13.2 Å². The van der Waals surface area contributed by atoms with Crippen LogP contribution in [-0.2, 0) is 9.53 Å². The summed E-state index contributed by atoms with van der Waals surface area (Å²) in [5.74, 6) is 4.67. The van der Waals surface area contributed by atoms with Gasteiger partial charge < -0.3 is 4.74 Å². The molecule has 4 nitrogen and oxygen atoms in total. The first-order valence-corrected chi connectivity index (χ1v) is 5.59. The van der Waals surface area contributed by atoms with Crippen LogP contribution in [0.5, 0.6) is 0 Å². The highest BCUT2D eigenvalue weighted by atomic mass is 19.4. The molecule has 3 N–H and O–H groups in total. The normalized spacial score (nSPS) is 11.5. The smallest absolute Gasteiger partial charge is 0.381 e. The second kappa shape index (κ2) is 9.23. The van der Waals surface area contributed by atoms with Crippen LogP contribution < -0.4 is 11.3 Å². The summed E-state index contributed by atoms with van der Waals surface area (Å²) in [6.07, 6.45) is -2.29. The summed E-state index contributed by atoms with van der Waals surface area (Å²) in [4.78, 5) is 10.7. The molecule has 0 aromatic rings. The maximum Gasteiger partial charge on any atom is 0.389 e. The van der Waals surface area contributed by atoms with E-state index in [0.717, 1.165) is 12.8 Å². The van der Waals surface area contributed by atoms with E-state index in [1.807, 2.05) is 5.43 Å².